The fourth-order valence-corrected chi connectivity index (χ4v) is 2.59. The van der Waals surface area contributed by atoms with Crippen molar-refractivity contribution in [3.8, 4) is 0 Å². The van der Waals surface area contributed by atoms with Gasteiger partial charge in [-0.1, -0.05) is 13.8 Å². The number of amides is 1. The molecule has 0 fully saturated rings. The van der Waals surface area contributed by atoms with Crippen LogP contribution in [0.5, 0.6) is 0 Å². The van der Waals surface area contributed by atoms with Crippen molar-refractivity contribution in [1.29, 1.82) is 0 Å². The third-order valence-electron chi connectivity index (χ3n) is 2.87. The van der Waals surface area contributed by atoms with Crippen LogP contribution < -0.4 is 0 Å². The largest absolute Gasteiger partial charge is 0.337 e. The number of carbonyl (C=O) groups excluding carboxylic acids is 1. The Kier molecular flexibility index (Phi) is 3.99. The Labute approximate surface area is 116 Å². The minimum absolute atomic E-state index is 0.00704. The van der Waals surface area contributed by atoms with Gasteiger partial charge in [-0.3, -0.25) is 4.79 Å². The summed E-state index contributed by atoms with van der Waals surface area (Å²) in [6, 6.07) is 0. The van der Waals surface area contributed by atoms with Crippen molar-refractivity contribution in [2.45, 2.75) is 26.3 Å². The zero-order chi connectivity index (χ0) is 14.0. The van der Waals surface area contributed by atoms with Gasteiger partial charge in [0.05, 0.1) is 17.7 Å². The van der Waals surface area contributed by atoms with E-state index in [1.807, 2.05) is 17.8 Å². The number of hydrogen-bond donors (Lipinski definition) is 0. The molecule has 102 valence electrons. The lowest BCUT2D eigenvalue weighted by Gasteiger charge is -2.15. The van der Waals surface area contributed by atoms with Crippen LogP contribution >= 0.6 is 11.3 Å². The van der Waals surface area contributed by atoms with Crippen LogP contribution in [-0.4, -0.2) is 32.4 Å². The molecular formula is C13H18N4OS. The molecule has 0 spiro atoms. The summed E-state index contributed by atoms with van der Waals surface area (Å²) in [5.41, 5.74) is 0. The smallest absolute Gasteiger partial charge is 0.265 e. The van der Waals surface area contributed by atoms with Gasteiger partial charge in [0, 0.05) is 32.4 Å². The van der Waals surface area contributed by atoms with Gasteiger partial charge in [-0.25, -0.2) is 9.97 Å². The van der Waals surface area contributed by atoms with E-state index in [4.69, 9.17) is 0 Å². The molecule has 0 unspecified atom stereocenters. The van der Waals surface area contributed by atoms with Crippen molar-refractivity contribution < 1.29 is 4.79 Å². The molecule has 2 heterocycles. The molecule has 2 rings (SSSR count). The van der Waals surface area contributed by atoms with Crippen LogP contribution in [0.15, 0.2) is 18.6 Å². The first-order valence-electron chi connectivity index (χ1n) is 6.16. The van der Waals surface area contributed by atoms with Crippen LogP contribution in [0.25, 0.3) is 0 Å². The standard InChI is InChI=1S/C13H18N4OS/c1-9(2)12-15-7-10(19-12)13(18)17(4)8-11-14-5-6-16(11)3/h5-7,9H,8H2,1-4H3. The van der Waals surface area contributed by atoms with Gasteiger partial charge in [0.2, 0.25) is 0 Å². The zero-order valence-corrected chi connectivity index (χ0v) is 12.4. The SMILES string of the molecule is CC(C)c1ncc(C(=O)N(C)Cc2nccn2C)s1. The van der Waals surface area contributed by atoms with Crippen LogP contribution in [0.1, 0.15) is 40.3 Å². The Morgan fingerprint density at radius 2 is 2.21 bits per heavy atom. The lowest BCUT2D eigenvalue weighted by molar-refractivity contribution is 0.0785. The van der Waals surface area contributed by atoms with Gasteiger partial charge in [-0.15, -0.1) is 11.3 Å². The maximum Gasteiger partial charge on any atom is 0.265 e. The molecule has 2 aromatic rings. The Morgan fingerprint density at radius 3 is 2.74 bits per heavy atom. The first-order valence-corrected chi connectivity index (χ1v) is 6.98. The van der Waals surface area contributed by atoms with Crippen LogP contribution in [-0.2, 0) is 13.6 Å². The summed E-state index contributed by atoms with van der Waals surface area (Å²) >= 11 is 1.46. The fourth-order valence-electron chi connectivity index (χ4n) is 1.67. The van der Waals surface area contributed by atoms with Crippen molar-refractivity contribution in [3.63, 3.8) is 0 Å². The van der Waals surface area contributed by atoms with Crippen molar-refractivity contribution >= 4 is 17.2 Å². The highest BCUT2D eigenvalue weighted by Gasteiger charge is 2.17. The predicted octanol–water partition coefficient (Wildman–Crippen LogP) is 2.27. The third-order valence-corrected chi connectivity index (χ3v) is 4.16. The molecule has 1 amide bonds. The van der Waals surface area contributed by atoms with Crippen molar-refractivity contribution in [2.24, 2.45) is 7.05 Å². The second-order valence-corrected chi connectivity index (χ2v) is 5.90. The highest BCUT2D eigenvalue weighted by molar-refractivity contribution is 7.13. The van der Waals surface area contributed by atoms with E-state index >= 15 is 0 Å². The average Bonchev–Trinajstić information content (AvgIpc) is 2.98. The number of thiazole rings is 1. The van der Waals surface area contributed by atoms with E-state index in [0.29, 0.717) is 17.3 Å². The van der Waals surface area contributed by atoms with Crippen molar-refractivity contribution in [1.82, 2.24) is 19.4 Å². The summed E-state index contributed by atoms with van der Waals surface area (Å²) < 4.78 is 1.91. The Bertz CT molecular complexity index is 573. The summed E-state index contributed by atoms with van der Waals surface area (Å²) in [7, 11) is 3.70. The second-order valence-electron chi connectivity index (χ2n) is 4.83. The van der Waals surface area contributed by atoms with E-state index in [0.717, 1.165) is 10.8 Å². The molecule has 0 N–H and O–H groups in total. The van der Waals surface area contributed by atoms with Gasteiger partial charge < -0.3 is 9.47 Å². The minimum Gasteiger partial charge on any atom is -0.337 e. The van der Waals surface area contributed by atoms with Gasteiger partial charge in [0.25, 0.3) is 5.91 Å². The van der Waals surface area contributed by atoms with E-state index in [1.54, 1.807) is 24.3 Å². The van der Waals surface area contributed by atoms with E-state index in [2.05, 4.69) is 23.8 Å². The molecule has 5 nitrogen and oxygen atoms in total. The normalized spacial score (nSPS) is 11.0. The fraction of sp³-hybridized carbons (Fsp3) is 0.462. The molecule has 0 bridgehead atoms. The number of hydrogen-bond acceptors (Lipinski definition) is 4. The molecule has 19 heavy (non-hydrogen) atoms. The molecule has 0 aliphatic rings. The summed E-state index contributed by atoms with van der Waals surface area (Å²) in [5.74, 6) is 1.21. The average molecular weight is 278 g/mol. The number of imidazole rings is 1. The Hall–Kier alpha value is -1.69. The van der Waals surface area contributed by atoms with Crippen LogP contribution in [0.2, 0.25) is 0 Å². The molecule has 0 aliphatic carbocycles. The number of rotatable bonds is 4. The van der Waals surface area contributed by atoms with E-state index in [9.17, 15) is 4.79 Å². The molecular weight excluding hydrogens is 260 g/mol. The van der Waals surface area contributed by atoms with Crippen LogP contribution in [0.4, 0.5) is 0 Å². The van der Waals surface area contributed by atoms with E-state index in [1.165, 1.54) is 11.3 Å². The quantitative estimate of drug-likeness (QED) is 0.862. The van der Waals surface area contributed by atoms with E-state index < -0.39 is 0 Å². The summed E-state index contributed by atoms with van der Waals surface area (Å²) in [4.78, 5) is 23.1. The van der Waals surface area contributed by atoms with Gasteiger partial charge >= 0.3 is 0 Å². The minimum atomic E-state index is -0.00704. The molecule has 0 aliphatic heterocycles. The van der Waals surface area contributed by atoms with Gasteiger partial charge in [-0.05, 0) is 0 Å². The monoisotopic (exact) mass is 278 g/mol. The topological polar surface area (TPSA) is 51.0 Å². The highest BCUT2D eigenvalue weighted by atomic mass is 32.1. The summed E-state index contributed by atoms with van der Waals surface area (Å²) in [6.07, 6.45) is 5.27. The van der Waals surface area contributed by atoms with Crippen molar-refractivity contribution in [2.75, 3.05) is 7.05 Å². The highest BCUT2D eigenvalue weighted by Crippen LogP contribution is 2.22. The summed E-state index contributed by atoms with van der Waals surface area (Å²) in [5, 5.41) is 0.994. The molecule has 2 aromatic heterocycles. The first-order chi connectivity index (χ1) is 8.99. The van der Waals surface area contributed by atoms with Gasteiger partial charge in [0.1, 0.15) is 10.7 Å². The third kappa shape index (κ3) is 3.01. The number of aryl methyl sites for hydroxylation is 1. The second kappa shape index (κ2) is 5.52. The van der Waals surface area contributed by atoms with E-state index in [-0.39, 0.29) is 5.91 Å². The molecule has 0 saturated carbocycles. The number of nitrogens with zero attached hydrogens (tertiary/aromatic N) is 4. The van der Waals surface area contributed by atoms with Gasteiger partial charge in [0.15, 0.2) is 0 Å². The number of carbonyl (C=O) groups is 1. The lowest BCUT2D eigenvalue weighted by Crippen LogP contribution is -2.26. The zero-order valence-electron chi connectivity index (χ0n) is 11.6. The van der Waals surface area contributed by atoms with Crippen molar-refractivity contribution in [3.05, 3.63) is 34.3 Å². The molecule has 6 heteroatoms. The first kappa shape index (κ1) is 13.7. The molecule has 0 saturated heterocycles. The van der Waals surface area contributed by atoms with Crippen LogP contribution in [0, 0.1) is 0 Å². The lowest BCUT2D eigenvalue weighted by atomic mass is 10.2. The molecule has 0 atom stereocenters. The molecule has 0 radical (unpaired) electrons. The maximum atomic E-state index is 12.3. The number of aromatic nitrogens is 3. The van der Waals surface area contributed by atoms with Gasteiger partial charge in [-0.2, -0.15) is 0 Å². The Morgan fingerprint density at radius 1 is 1.47 bits per heavy atom. The predicted molar refractivity (Wildman–Crippen MR) is 75.2 cm³/mol. The Balaban J connectivity index is 2.08. The van der Waals surface area contributed by atoms with Crippen LogP contribution in [0.3, 0.4) is 0 Å². The summed E-state index contributed by atoms with van der Waals surface area (Å²) in [6.45, 7) is 4.65. The molecule has 0 aromatic carbocycles. The maximum absolute atomic E-state index is 12.3.